The maximum Gasteiger partial charge on any atom is 0.215 e. The number of halogens is 1. The summed E-state index contributed by atoms with van der Waals surface area (Å²) >= 11 is 0. The molecule has 0 bridgehead atoms. The highest BCUT2D eigenvalue weighted by Gasteiger charge is 2.22. The Kier molecular flexibility index (Phi) is 4.04. The molecule has 0 radical (unpaired) electrons. The van der Waals surface area contributed by atoms with Crippen molar-refractivity contribution >= 4 is 5.82 Å². The number of rotatable bonds is 6. The van der Waals surface area contributed by atoms with Crippen LogP contribution in [0.3, 0.4) is 0 Å². The Balaban J connectivity index is 1.62. The third kappa shape index (κ3) is 3.94. The average Bonchev–Trinajstić information content (AvgIpc) is 3.30. The molecule has 0 amide bonds. The lowest BCUT2D eigenvalue weighted by Crippen LogP contribution is -2.09. The zero-order chi connectivity index (χ0) is 14.7. The maximum atomic E-state index is 12.9. The van der Waals surface area contributed by atoms with Crippen molar-refractivity contribution < 1.29 is 9.13 Å². The highest BCUT2D eigenvalue weighted by Crippen LogP contribution is 2.29. The molecule has 1 aliphatic rings. The van der Waals surface area contributed by atoms with Gasteiger partial charge in [-0.25, -0.2) is 4.39 Å². The third-order valence-corrected chi connectivity index (χ3v) is 3.62. The lowest BCUT2D eigenvalue weighted by atomic mass is 10.1. The van der Waals surface area contributed by atoms with E-state index < -0.39 is 0 Å². The monoisotopic (exact) mass is 286 g/mol. The molecule has 1 aromatic heterocycles. The van der Waals surface area contributed by atoms with E-state index in [-0.39, 0.29) is 11.9 Å². The molecule has 3 rings (SSSR count). The molecule has 0 unspecified atom stereocenters. The van der Waals surface area contributed by atoms with Crippen molar-refractivity contribution in [1.82, 2.24) is 4.98 Å². The van der Waals surface area contributed by atoms with E-state index >= 15 is 0 Å². The first-order chi connectivity index (χ1) is 10.2. The Morgan fingerprint density at radius 1 is 1.24 bits per heavy atom. The largest absolute Gasteiger partial charge is 0.477 e. The van der Waals surface area contributed by atoms with E-state index in [9.17, 15) is 4.39 Å². The first-order valence-corrected chi connectivity index (χ1v) is 7.32. The Morgan fingerprint density at radius 3 is 2.71 bits per heavy atom. The molecule has 1 heterocycles. The number of ether oxygens (including phenoxy) is 1. The zero-order valence-corrected chi connectivity index (χ0v) is 12.1. The third-order valence-electron chi connectivity index (χ3n) is 3.62. The highest BCUT2D eigenvalue weighted by atomic mass is 19.1. The number of anilines is 1. The molecule has 4 heteroatoms. The van der Waals surface area contributed by atoms with Gasteiger partial charge in [-0.2, -0.15) is 4.98 Å². The van der Waals surface area contributed by atoms with Crippen LogP contribution in [0.1, 0.15) is 31.4 Å². The molecule has 1 atom stereocenters. The number of pyridine rings is 1. The van der Waals surface area contributed by atoms with Gasteiger partial charge < -0.3 is 10.1 Å². The predicted molar refractivity (Wildman–Crippen MR) is 80.9 cm³/mol. The van der Waals surface area contributed by atoms with Crippen molar-refractivity contribution in [2.45, 2.75) is 25.8 Å². The number of hydrogen-bond donors (Lipinski definition) is 1. The van der Waals surface area contributed by atoms with E-state index in [1.54, 1.807) is 12.1 Å². The van der Waals surface area contributed by atoms with Gasteiger partial charge in [-0.05, 0) is 49.4 Å². The smallest absolute Gasteiger partial charge is 0.215 e. The van der Waals surface area contributed by atoms with Gasteiger partial charge in [-0.1, -0.05) is 18.2 Å². The standard InChI is InChI=1S/C17H19FN2O/c1-12(14-7-9-15(18)10-8-14)19-16-3-2-4-17(20-16)21-11-13-5-6-13/h2-4,7-10,12-13H,5-6,11H2,1H3,(H,19,20)/t12-/m0/s1. The van der Waals surface area contributed by atoms with Crippen molar-refractivity contribution in [3.63, 3.8) is 0 Å². The minimum atomic E-state index is -0.223. The van der Waals surface area contributed by atoms with Gasteiger partial charge >= 0.3 is 0 Å². The van der Waals surface area contributed by atoms with Crippen LogP contribution < -0.4 is 10.1 Å². The number of aromatic nitrogens is 1. The Morgan fingerprint density at radius 2 is 2.00 bits per heavy atom. The number of nitrogens with one attached hydrogen (secondary N) is 1. The Bertz CT molecular complexity index is 596. The predicted octanol–water partition coefficient (Wildman–Crippen LogP) is 4.18. The lowest BCUT2D eigenvalue weighted by molar-refractivity contribution is 0.289. The van der Waals surface area contributed by atoms with E-state index in [1.165, 1.54) is 25.0 Å². The van der Waals surface area contributed by atoms with E-state index in [0.717, 1.165) is 18.0 Å². The van der Waals surface area contributed by atoms with Crippen molar-refractivity contribution in [2.24, 2.45) is 5.92 Å². The van der Waals surface area contributed by atoms with Crippen LogP contribution in [0.25, 0.3) is 0 Å². The Labute approximate surface area is 124 Å². The van der Waals surface area contributed by atoms with E-state index in [0.29, 0.717) is 11.8 Å². The zero-order valence-electron chi connectivity index (χ0n) is 12.1. The van der Waals surface area contributed by atoms with Crippen LogP contribution in [-0.4, -0.2) is 11.6 Å². The normalized spacial score (nSPS) is 15.5. The maximum absolute atomic E-state index is 12.9. The van der Waals surface area contributed by atoms with Gasteiger partial charge in [-0.15, -0.1) is 0 Å². The van der Waals surface area contributed by atoms with Crippen LogP contribution in [-0.2, 0) is 0 Å². The van der Waals surface area contributed by atoms with Crippen molar-refractivity contribution in [3.8, 4) is 5.88 Å². The second kappa shape index (κ2) is 6.12. The molecule has 1 aliphatic carbocycles. The molecule has 21 heavy (non-hydrogen) atoms. The summed E-state index contributed by atoms with van der Waals surface area (Å²) in [5, 5.41) is 3.31. The number of hydrogen-bond acceptors (Lipinski definition) is 3. The van der Waals surface area contributed by atoms with Gasteiger partial charge in [-0.3, -0.25) is 0 Å². The molecule has 2 aromatic rings. The molecule has 3 nitrogen and oxygen atoms in total. The summed E-state index contributed by atoms with van der Waals surface area (Å²) < 4.78 is 18.6. The van der Waals surface area contributed by atoms with Crippen LogP contribution in [0.5, 0.6) is 5.88 Å². The van der Waals surface area contributed by atoms with E-state index in [2.05, 4.69) is 10.3 Å². The van der Waals surface area contributed by atoms with Crippen LogP contribution in [0.2, 0.25) is 0 Å². The first kappa shape index (κ1) is 13.9. The fraction of sp³-hybridized carbons (Fsp3) is 0.353. The molecule has 1 N–H and O–H groups in total. The van der Waals surface area contributed by atoms with Crippen LogP contribution in [0, 0.1) is 11.7 Å². The van der Waals surface area contributed by atoms with Gasteiger partial charge in [0.25, 0.3) is 0 Å². The number of nitrogens with zero attached hydrogens (tertiary/aromatic N) is 1. The molecule has 0 saturated heterocycles. The average molecular weight is 286 g/mol. The van der Waals surface area contributed by atoms with E-state index in [1.807, 2.05) is 25.1 Å². The summed E-state index contributed by atoms with van der Waals surface area (Å²) in [6.07, 6.45) is 2.53. The van der Waals surface area contributed by atoms with Crippen molar-refractivity contribution in [2.75, 3.05) is 11.9 Å². The van der Waals surface area contributed by atoms with Gasteiger partial charge in [0.1, 0.15) is 11.6 Å². The van der Waals surface area contributed by atoms with Crippen molar-refractivity contribution in [1.29, 1.82) is 0 Å². The fourth-order valence-electron chi connectivity index (χ4n) is 2.12. The Hall–Kier alpha value is -2.10. The summed E-state index contributed by atoms with van der Waals surface area (Å²) in [5.41, 5.74) is 1.02. The molecule has 0 aliphatic heterocycles. The highest BCUT2D eigenvalue weighted by molar-refractivity contribution is 5.40. The summed E-state index contributed by atoms with van der Waals surface area (Å²) in [5.74, 6) is 1.90. The summed E-state index contributed by atoms with van der Waals surface area (Å²) in [6, 6.07) is 12.2. The van der Waals surface area contributed by atoms with Crippen LogP contribution >= 0.6 is 0 Å². The SMILES string of the molecule is C[C@H](Nc1cccc(OCC2CC2)n1)c1ccc(F)cc1. The van der Waals surface area contributed by atoms with Gasteiger partial charge in [0.2, 0.25) is 5.88 Å². The topological polar surface area (TPSA) is 34.1 Å². The number of benzene rings is 1. The molecule has 1 fully saturated rings. The molecule has 110 valence electrons. The second-order valence-electron chi connectivity index (χ2n) is 5.53. The molecular formula is C17H19FN2O. The van der Waals surface area contributed by atoms with Crippen LogP contribution in [0.4, 0.5) is 10.2 Å². The molecular weight excluding hydrogens is 267 g/mol. The summed E-state index contributed by atoms with van der Waals surface area (Å²) in [6.45, 7) is 2.77. The summed E-state index contributed by atoms with van der Waals surface area (Å²) in [7, 11) is 0. The van der Waals surface area contributed by atoms with E-state index in [4.69, 9.17) is 4.74 Å². The quantitative estimate of drug-likeness (QED) is 0.865. The minimum Gasteiger partial charge on any atom is -0.477 e. The summed E-state index contributed by atoms with van der Waals surface area (Å²) in [4.78, 5) is 4.45. The molecule has 1 saturated carbocycles. The van der Waals surface area contributed by atoms with Crippen molar-refractivity contribution in [3.05, 3.63) is 53.8 Å². The first-order valence-electron chi connectivity index (χ1n) is 7.32. The minimum absolute atomic E-state index is 0.0526. The molecule has 0 spiro atoms. The lowest BCUT2D eigenvalue weighted by Gasteiger charge is -2.15. The van der Waals surface area contributed by atoms with Gasteiger partial charge in [0, 0.05) is 12.1 Å². The van der Waals surface area contributed by atoms with Gasteiger partial charge in [0.15, 0.2) is 0 Å². The fourth-order valence-corrected chi connectivity index (χ4v) is 2.12. The molecule has 1 aromatic carbocycles. The van der Waals surface area contributed by atoms with Gasteiger partial charge in [0.05, 0.1) is 6.61 Å². The van der Waals surface area contributed by atoms with Crippen LogP contribution in [0.15, 0.2) is 42.5 Å². The second-order valence-corrected chi connectivity index (χ2v) is 5.53.